The second-order valence-corrected chi connectivity index (χ2v) is 11.7. The predicted octanol–water partition coefficient (Wildman–Crippen LogP) is -0.346. The second kappa shape index (κ2) is 20.7. The molecule has 10 atom stereocenters. The quantitative estimate of drug-likeness (QED) is 0.170. The van der Waals surface area contributed by atoms with E-state index in [1.807, 2.05) is 91.0 Å². The van der Waals surface area contributed by atoms with Gasteiger partial charge in [-0.3, -0.25) is 0 Å². The molecular weight excluding hydrogens is 659 g/mol. The summed E-state index contributed by atoms with van der Waals surface area (Å²) >= 11 is 0. The van der Waals surface area contributed by atoms with Gasteiger partial charge in [0.2, 0.25) is 0 Å². The van der Waals surface area contributed by atoms with Crippen molar-refractivity contribution in [3.8, 4) is 0 Å². The fourth-order valence-corrected chi connectivity index (χ4v) is 6.17. The molecule has 2 aliphatic rings. The van der Waals surface area contributed by atoms with Gasteiger partial charge in [-0.1, -0.05) is 91.0 Å². The van der Waals surface area contributed by atoms with Gasteiger partial charge in [0, 0.05) is 28.4 Å². The Kier molecular flexibility index (Phi) is 16.8. The molecule has 0 aliphatic carbocycles. The van der Waals surface area contributed by atoms with Crippen molar-refractivity contribution < 1.29 is 86.8 Å². The van der Waals surface area contributed by atoms with Crippen LogP contribution in [0, 0.1) is 0 Å². The number of rotatable bonds is 17. The third-order valence-electron chi connectivity index (χ3n) is 8.62. The summed E-state index contributed by atoms with van der Waals surface area (Å²) in [6.07, 6.45) is -9.83. The molecule has 0 amide bonds. The zero-order valence-electron chi connectivity index (χ0n) is 29.2. The van der Waals surface area contributed by atoms with E-state index in [1.165, 1.54) is 28.4 Å². The van der Waals surface area contributed by atoms with Crippen LogP contribution in [0.3, 0.4) is 0 Å². The molecule has 0 unspecified atom stereocenters. The summed E-state index contributed by atoms with van der Waals surface area (Å²) in [6.45, 7) is 0.816. The van der Waals surface area contributed by atoms with Crippen molar-refractivity contribution in [3.63, 3.8) is 0 Å². The summed E-state index contributed by atoms with van der Waals surface area (Å²) in [5, 5.41) is 12.3. The minimum Gasteiger partial charge on any atom is -0.547 e. The van der Waals surface area contributed by atoms with Crippen LogP contribution in [0.15, 0.2) is 91.0 Å². The smallest absolute Gasteiger partial charge is 0.547 e. The molecule has 0 bridgehead atoms. The Morgan fingerprint density at radius 2 is 1.08 bits per heavy atom. The van der Waals surface area contributed by atoms with Gasteiger partial charge in [0.15, 0.2) is 12.6 Å². The Morgan fingerprint density at radius 1 is 0.580 bits per heavy atom. The predicted molar refractivity (Wildman–Crippen MR) is 173 cm³/mol. The minimum atomic E-state index is -1.52. The number of carbonyl (C=O) groups is 1. The van der Waals surface area contributed by atoms with E-state index >= 15 is 0 Å². The van der Waals surface area contributed by atoms with Crippen LogP contribution in [0.25, 0.3) is 0 Å². The van der Waals surface area contributed by atoms with Gasteiger partial charge in [-0.15, -0.1) is 0 Å². The Bertz CT molecular complexity index is 1390. The van der Waals surface area contributed by atoms with Crippen LogP contribution in [0.2, 0.25) is 0 Å². The van der Waals surface area contributed by atoms with Crippen LogP contribution in [0.1, 0.15) is 16.7 Å². The van der Waals surface area contributed by atoms with Gasteiger partial charge in [-0.2, -0.15) is 0 Å². The van der Waals surface area contributed by atoms with Gasteiger partial charge in [0.1, 0.15) is 48.8 Å². The molecule has 13 heteroatoms. The Balaban J connectivity index is 0.00000562. The molecule has 2 heterocycles. The van der Waals surface area contributed by atoms with E-state index in [-0.39, 0.29) is 49.4 Å². The number of aliphatic carboxylic acids is 1. The zero-order valence-corrected chi connectivity index (χ0v) is 31.2. The van der Waals surface area contributed by atoms with Crippen LogP contribution < -0.4 is 34.7 Å². The molecule has 3 aromatic carbocycles. The maximum atomic E-state index is 12.3. The van der Waals surface area contributed by atoms with E-state index in [9.17, 15) is 9.90 Å². The fraction of sp³-hybridized carbons (Fsp3) is 0.486. The van der Waals surface area contributed by atoms with Crippen LogP contribution in [0.4, 0.5) is 0 Å². The van der Waals surface area contributed by atoms with Crippen LogP contribution >= 0.6 is 0 Å². The van der Waals surface area contributed by atoms with Crippen molar-refractivity contribution in [2.24, 2.45) is 0 Å². The Hall–Kier alpha value is -2.27. The summed E-state index contributed by atoms with van der Waals surface area (Å²) < 4.78 is 61.3. The summed E-state index contributed by atoms with van der Waals surface area (Å²) in [4.78, 5) is 12.3. The summed E-state index contributed by atoms with van der Waals surface area (Å²) in [5.41, 5.74) is 2.83. The number of carbonyl (C=O) groups excluding carboxylic acids is 1. The molecule has 12 nitrogen and oxygen atoms in total. The number of benzene rings is 3. The van der Waals surface area contributed by atoms with Crippen molar-refractivity contribution in [3.05, 3.63) is 108 Å². The maximum Gasteiger partial charge on any atom is 1.00 e. The number of hydrogen-bond donors (Lipinski definition) is 0. The van der Waals surface area contributed by atoms with Gasteiger partial charge in [-0.05, 0) is 16.7 Å². The molecule has 0 saturated carbocycles. The third-order valence-corrected chi connectivity index (χ3v) is 8.62. The SMILES string of the molecule is CO[C@H]1O[C@H](COCc2ccccc2)[C@@H](O[C@H]2O[C@H](C(=O)[O-])[C@@H](OC)[C@H](OC)[C@H]2OC)[C@H](OCc2ccccc2)[C@H]1OCc1ccccc1.[Na+]. The van der Waals surface area contributed by atoms with E-state index < -0.39 is 67.4 Å². The first-order valence-corrected chi connectivity index (χ1v) is 16.2. The van der Waals surface area contributed by atoms with E-state index in [2.05, 4.69) is 0 Å². The molecular formula is C37H45NaO12. The number of ether oxygens (including phenoxy) is 10. The van der Waals surface area contributed by atoms with E-state index in [4.69, 9.17) is 47.4 Å². The van der Waals surface area contributed by atoms with Crippen LogP contribution in [-0.4, -0.2) is 102 Å². The number of hydrogen-bond acceptors (Lipinski definition) is 12. The van der Waals surface area contributed by atoms with Crippen LogP contribution in [0.5, 0.6) is 0 Å². The third kappa shape index (κ3) is 10.4. The second-order valence-electron chi connectivity index (χ2n) is 11.7. The largest absolute Gasteiger partial charge is 1.00 e. The van der Waals surface area contributed by atoms with Gasteiger partial charge in [0.25, 0.3) is 0 Å². The van der Waals surface area contributed by atoms with Crippen molar-refractivity contribution in [1.29, 1.82) is 0 Å². The standard InChI is InChI=1S/C37H46O12.Na/c1-40-29-30(41-2)33(42-3)37(49-32(29)35(38)39)48-28-27(23-44-20-24-14-8-5-9-15-24)47-36(43-4)34(46-22-26-18-12-7-13-19-26)31(28)45-21-25-16-10-6-11-17-25;/h5-19,27-34,36-37H,20-23H2,1-4H3,(H,38,39);/q;+1/p-1/t27-,28-,29+,30+,31+,32+,33-,34-,36+,37+;/m1./s1. The van der Waals surface area contributed by atoms with Crippen molar-refractivity contribution >= 4 is 5.97 Å². The summed E-state index contributed by atoms with van der Waals surface area (Å²) in [6, 6.07) is 29.1. The molecule has 3 aromatic rings. The molecule has 50 heavy (non-hydrogen) atoms. The maximum absolute atomic E-state index is 12.3. The van der Waals surface area contributed by atoms with E-state index in [0.717, 1.165) is 16.7 Å². The van der Waals surface area contributed by atoms with Gasteiger partial charge >= 0.3 is 29.6 Å². The number of carboxylic acids is 1. The molecule has 0 aromatic heterocycles. The molecule has 0 spiro atoms. The Morgan fingerprint density at radius 3 is 1.56 bits per heavy atom. The first kappa shape index (κ1) is 40.5. The first-order chi connectivity index (χ1) is 24.0. The first-order valence-electron chi connectivity index (χ1n) is 16.2. The van der Waals surface area contributed by atoms with E-state index in [0.29, 0.717) is 6.61 Å². The fourth-order valence-electron chi connectivity index (χ4n) is 6.17. The summed E-state index contributed by atoms with van der Waals surface area (Å²) in [5.74, 6) is -1.49. The number of methoxy groups -OCH3 is 4. The van der Waals surface area contributed by atoms with Gasteiger partial charge in [-0.25, -0.2) is 0 Å². The van der Waals surface area contributed by atoms with Gasteiger partial charge < -0.3 is 57.3 Å². The molecule has 0 N–H and O–H groups in total. The Labute approximate surface area is 315 Å². The topological polar surface area (TPSA) is 132 Å². The molecule has 2 saturated heterocycles. The monoisotopic (exact) mass is 704 g/mol. The van der Waals surface area contributed by atoms with Crippen molar-refractivity contribution in [1.82, 2.24) is 0 Å². The summed E-state index contributed by atoms with van der Waals surface area (Å²) in [7, 11) is 5.79. The zero-order chi connectivity index (χ0) is 34.6. The van der Waals surface area contributed by atoms with Crippen molar-refractivity contribution in [2.45, 2.75) is 81.2 Å². The number of carboxylic acid groups (broad SMARTS) is 1. The van der Waals surface area contributed by atoms with Crippen molar-refractivity contribution in [2.75, 3.05) is 35.0 Å². The molecule has 2 fully saturated rings. The van der Waals surface area contributed by atoms with Gasteiger partial charge in [0.05, 0.1) is 32.4 Å². The molecule has 0 radical (unpaired) electrons. The average Bonchev–Trinajstić information content (AvgIpc) is 3.14. The minimum absolute atomic E-state index is 0. The van der Waals surface area contributed by atoms with E-state index in [1.54, 1.807) is 0 Å². The van der Waals surface area contributed by atoms with Crippen LogP contribution in [-0.2, 0) is 72.0 Å². The molecule has 266 valence electrons. The normalized spacial score (nSPS) is 29.6. The average molecular weight is 705 g/mol. The molecule has 5 rings (SSSR count). The molecule has 2 aliphatic heterocycles.